The number of hydrogen-bond acceptors (Lipinski definition) is 2. The number of methoxy groups -OCH3 is 1. The Kier molecular flexibility index (Phi) is 5.03. The second-order valence-electron chi connectivity index (χ2n) is 3.64. The van der Waals surface area contributed by atoms with Gasteiger partial charge in [-0.3, -0.25) is 0 Å². The van der Waals surface area contributed by atoms with Gasteiger partial charge in [-0.05, 0) is 13.0 Å². The first-order chi connectivity index (χ1) is 5.87. The van der Waals surface area contributed by atoms with Crippen molar-refractivity contribution in [1.29, 1.82) is 0 Å². The summed E-state index contributed by atoms with van der Waals surface area (Å²) in [4.78, 5) is 11.0. The zero-order valence-electron chi connectivity index (χ0n) is 8.63. The summed E-state index contributed by atoms with van der Waals surface area (Å²) >= 11 is 5.69. The molecule has 0 fully saturated rings. The summed E-state index contributed by atoms with van der Waals surface area (Å²) in [5.41, 5.74) is 0. The molecule has 0 aliphatic heterocycles. The van der Waals surface area contributed by atoms with Crippen molar-refractivity contribution < 1.29 is 14.0 Å². The van der Waals surface area contributed by atoms with E-state index < -0.39 is 0 Å². The van der Waals surface area contributed by atoms with Crippen LogP contribution in [-0.4, -0.2) is 44.7 Å². The predicted molar refractivity (Wildman–Crippen MR) is 53.5 cm³/mol. The molecule has 0 unspecified atom stereocenters. The van der Waals surface area contributed by atoms with E-state index in [1.807, 2.05) is 27.1 Å². The van der Waals surface area contributed by atoms with Crippen molar-refractivity contribution in [1.82, 2.24) is 0 Å². The lowest BCUT2D eigenvalue weighted by atomic mass is 10.4. The third kappa shape index (κ3) is 6.61. The van der Waals surface area contributed by atoms with Gasteiger partial charge in [0.1, 0.15) is 0 Å². The van der Waals surface area contributed by atoms with Crippen molar-refractivity contribution in [2.24, 2.45) is 0 Å². The van der Waals surface area contributed by atoms with E-state index in [4.69, 9.17) is 11.6 Å². The Morgan fingerprint density at radius 3 is 2.46 bits per heavy atom. The highest BCUT2D eigenvalue weighted by atomic mass is 35.5. The molecule has 0 aliphatic rings. The van der Waals surface area contributed by atoms with Crippen molar-refractivity contribution >= 4 is 17.6 Å². The maximum absolute atomic E-state index is 11.0. The topological polar surface area (TPSA) is 26.3 Å². The molecule has 0 aromatic rings. The minimum absolute atomic E-state index is 0.203. The first kappa shape index (κ1) is 12.5. The molecular formula is C9H17ClNO2+. The number of hydrogen-bond donors (Lipinski definition) is 0. The molecule has 13 heavy (non-hydrogen) atoms. The molecule has 0 spiro atoms. The summed E-state index contributed by atoms with van der Waals surface area (Å²) in [6.07, 6.45) is 1.89. The Morgan fingerprint density at radius 2 is 2.08 bits per heavy atom. The standard InChI is InChI=1S/C9H17ClNO2/c1-8(10)5-6-11(2,3)7-9(12)13-4/h5H,6-7H2,1-4H3/q+1/b8-5-. The summed E-state index contributed by atoms with van der Waals surface area (Å²) in [7, 11) is 5.30. The molecule has 0 bridgehead atoms. The van der Waals surface area contributed by atoms with Crippen molar-refractivity contribution in [2.75, 3.05) is 34.3 Å². The maximum atomic E-state index is 11.0. The quantitative estimate of drug-likeness (QED) is 0.513. The molecule has 0 aromatic carbocycles. The molecule has 0 aromatic heterocycles. The molecule has 3 nitrogen and oxygen atoms in total. The fourth-order valence-corrected chi connectivity index (χ4v) is 0.921. The van der Waals surface area contributed by atoms with E-state index in [0.29, 0.717) is 11.0 Å². The zero-order valence-corrected chi connectivity index (χ0v) is 9.39. The van der Waals surface area contributed by atoms with E-state index in [1.54, 1.807) is 0 Å². The molecule has 76 valence electrons. The number of allylic oxidation sites excluding steroid dienone is 1. The molecule has 0 rings (SSSR count). The number of likely N-dealkylation sites (N-methyl/N-ethyl adjacent to an activating group) is 1. The smallest absolute Gasteiger partial charge is 0.361 e. The largest absolute Gasteiger partial charge is 0.465 e. The zero-order chi connectivity index (χ0) is 10.5. The molecule has 0 saturated carbocycles. The van der Waals surface area contributed by atoms with Crippen LogP contribution < -0.4 is 0 Å². The highest BCUT2D eigenvalue weighted by molar-refractivity contribution is 6.29. The Balaban J connectivity index is 4.08. The number of carbonyl (C=O) groups excluding carboxylic acids is 1. The molecule has 0 heterocycles. The molecule has 0 atom stereocenters. The van der Waals surface area contributed by atoms with E-state index in [0.717, 1.165) is 11.6 Å². The summed E-state index contributed by atoms with van der Waals surface area (Å²) < 4.78 is 5.14. The summed E-state index contributed by atoms with van der Waals surface area (Å²) in [5, 5.41) is 0.746. The fourth-order valence-electron chi connectivity index (χ4n) is 0.851. The third-order valence-electron chi connectivity index (χ3n) is 1.65. The van der Waals surface area contributed by atoms with E-state index in [1.165, 1.54) is 7.11 Å². The van der Waals surface area contributed by atoms with Crippen LogP contribution in [0, 0.1) is 0 Å². The normalized spacial score (nSPS) is 12.8. The lowest BCUT2D eigenvalue weighted by Gasteiger charge is -2.26. The molecule has 0 radical (unpaired) electrons. The van der Waals surface area contributed by atoms with Crippen LogP contribution in [0.15, 0.2) is 11.1 Å². The van der Waals surface area contributed by atoms with Crippen molar-refractivity contribution in [3.63, 3.8) is 0 Å². The van der Waals surface area contributed by atoms with Crippen molar-refractivity contribution in [3.05, 3.63) is 11.1 Å². The van der Waals surface area contributed by atoms with Gasteiger partial charge in [0.15, 0.2) is 6.54 Å². The van der Waals surface area contributed by atoms with Gasteiger partial charge in [-0.2, -0.15) is 0 Å². The van der Waals surface area contributed by atoms with Gasteiger partial charge in [0.25, 0.3) is 0 Å². The lowest BCUT2D eigenvalue weighted by Crippen LogP contribution is -2.44. The van der Waals surface area contributed by atoms with Gasteiger partial charge >= 0.3 is 5.97 Å². The number of halogens is 1. The molecule has 0 N–H and O–H groups in total. The molecule has 0 aliphatic carbocycles. The van der Waals surface area contributed by atoms with Crippen LogP contribution in [-0.2, 0) is 9.53 Å². The number of ether oxygens (including phenoxy) is 1. The van der Waals surface area contributed by atoms with Gasteiger partial charge in [0.05, 0.1) is 27.7 Å². The summed E-state index contributed by atoms with van der Waals surface area (Å²) in [5.74, 6) is -0.203. The highest BCUT2D eigenvalue weighted by Crippen LogP contribution is 2.03. The Labute approximate surface area is 84.5 Å². The summed E-state index contributed by atoms with van der Waals surface area (Å²) in [6, 6.07) is 0. The molecular weight excluding hydrogens is 190 g/mol. The molecule has 4 heteroatoms. The first-order valence-corrected chi connectivity index (χ1v) is 4.46. The SMILES string of the molecule is COC(=O)C[N+](C)(C)C/C=C(/C)Cl. The Hall–Kier alpha value is -0.540. The molecule has 0 amide bonds. The van der Waals surface area contributed by atoms with E-state index in [9.17, 15) is 4.79 Å². The van der Waals surface area contributed by atoms with E-state index in [-0.39, 0.29) is 5.97 Å². The van der Waals surface area contributed by atoms with Crippen LogP contribution in [0.1, 0.15) is 6.92 Å². The third-order valence-corrected chi connectivity index (χ3v) is 1.81. The van der Waals surface area contributed by atoms with Crippen molar-refractivity contribution in [3.8, 4) is 0 Å². The van der Waals surface area contributed by atoms with Crippen LogP contribution in [0.5, 0.6) is 0 Å². The average molecular weight is 207 g/mol. The van der Waals surface area contributed by atoms with Crippen LogP contribution in [0.4, 0.5) is 0 Å². The maximum Gasteiger partial charge on any atom is 0.361 e. The fraction of sp³-hybridized carbons (Fsp3) is 0.667. The van der Waals surface area contributed by atoms with Crippen LogP contribution in [0.2, 0.25) is 0 Å². The first-order valence-electron chi connectivity index (χ1n) is 4.08. The van der Waals surface area contributed by atoms with Crippen LogP contribution in [0.25, 0.3) is 0 Å². The number of esters is 1. The van der Waals surface area contributed by atoms with Gasteiger partial charge in [0.2, 0.25) is 0 Å². The Bertz CT molecular complexity index is 208. The van der Waals surface area contributed by atoms with E-state index >= 15 is 0 Å². The van der Waals surface area contributed by atoms with E-state index in [2.05, 4.69) is 4.74 Å². The minimum Gasteiger partial charge on any atom is -0.465 e. The average Bonchev–Trinajstić information content (AvgIpc) is 2.00. The number of carbonyl (C=O) groups is 1. The van der Waals surface area contributed by atoms with Gasteiger partial charge < -0.3 is 9.22 Å². The highest BCUT2D eigenvalue weighted by Gasteiger charge is 2.18. The Morgan fingerprint density at radius 1 is 1.54 bits per heavy atom. The van der Waals surface area contributed by atoms with Gasteiger partial charge in [-0.1, -0.05) is 11.6 Å². The molecule has 0 saturated heterocycles. The number of nitrogens with zero attached hydrogens (tertiary/aromatic N) is 1. The van der Waals surface area contributed by atoms with Gasteiger partial charge in [-0.15, -0.1) is 0 Å². The second-order valence-corrected chi connectivity index (χ2v) is 4.24. The predicted octanol–water partition coefficient (Wildman–Crippen LogP) is 1.38. The minimum atomic E-state index is -0.203. The van der Waals surface area contributed by atoms with Crippen molar-refractivity contribution in [2.45, 2.75) is 6.92 Å². The number of rotatable bonds is 4. The van der Waals surface area contributed by atoms with Gasteiger partial charge in [0, 0.05) is 5.03 Å². The van der Waals surface area contributed by atoms with Gasteiger partial charge in [-0.25, -0.2) is 4.79 Å². The van der Waals surface area contributed by atoms with Crippen LogP contribution >= 0.6 is 11.6 Å². The number of quaternary nitrogens is 1. The lowest BCUT2D eigenvalue weighted by molar-refractivity contribution is -0.877. The van der Waals surface area contributed by atoms with Crippen LogP contribution in [0.3, 0.4) is 0 Å². The summed E-state index contributed by atoms with van der Waals surface area (Å²) in [6.45, 7) is 2.90. The second kappa shape index (κ2) is 5.25. The monoisotopic (exact) mass is 206 g/mol.